The normalized spacial score (nSPS) is 14.6. The van der Waals surface area contributed by atoms with Gasteiger partial charge in [0.25, 0.3) is 0 Å². The molecule has 2 heteroatoms. The van der Waals surface area contributed by atoms with Gasteiger partial charge < -0.3 is 0 Å². The molecule has 4 rings (SSSR count). The Labute approximate surface area is 147 Å². The summed E-state index contributed by atoms with van der Waals surface area (Å²) in [5.41, 5.74) is 4.16. The van der Waals surface area contributed by atoms with E-state index >= 15 is 0 Å². The summed E-state index contributed by atoms with van der Waals surface area (Å²) in [6, 6.07) is 18.4. The van der Waals surface area contributed by atoms with E-state index in [0.717, 1.165) is 28.3 Å². The predicted octanol–water partition coefficient (Wildman–Crippen LogP) is 7.05. The molecule has 2 aromatic carbocycles. The summed E-state index contributed by atoms with van der Waals surface area (Å²) >= 11 is 1.68. The quantitative estimate of drug-likeness (QED) is 0.479. The highest BCUT2D eigenvalue weighted by molar-refractivity contribution is 7.15. The van der Waals surface area contributed by atoms with Crippen molar-refractivity contribution in [2.45, 2.75) is 38.5 Å². The fourth-order valence-electron chi connectivity index (χ4n) is 3.30. The van der Waals surface area contributed by atoms with Gasteiger partial charge in [0.05, 0.1) is 0 Å². The molecule has 0 bridgehead atoms. The Balaban J connectivity index is 1.61. The summed E-state index contributed by atoms with van der Waals surface area (Å²) in [6.07, 6.45) is 4.96. The number of benzene rings is 2. The number of thiophene rings is 1. The predicted molar refractivity (Wildman–Crippen MR) is 101 cm³/mol. The lowest BCUT2D eigenvalue weighted by Crippen LogP contribution is -2.08. The van der Waals surface area contributed by atoms with Gasteiger partial charge in [-0.15, -0.1) is 11.3 Å². The van der Waals surface area contributed by atoms with E-state index in [-0.39, 0.29) is 5.82 Å². The molecule has 0 amide bonds. The summed E-state index contributed by atoms with van der Waals surface area (Å²) in [4.78, 5) is 2.30. The van der Waals surface area contributed by atoms with Gasteiger partial charge in [-0.25, -0.2) is 4.39 Å². The zero-order chi connectivity index (χ0) is 16.5. The lowest BCUT2D eigenvalue weighted by molar-refractivity contribution is 0.420. The maximum Gasteiger partial charge on any atom is 0.132 e. The summed E-state index contributed by atoms with van der Waals surface area (Å²) in [7, 11) is 0. The molecule has 0 N–H and O–H groups in total. The van der Waals surface area contributed by atoms with Crippen LogP contribution in [0.1, 0.15) is 42.5 Å². The average Bonchev–Trinajstić information content (AvgIpc) is 3.03. The van der Waals surface area contributed by atoms with Gasteiger partial charge in [-0.2, -0.15) is 0 Å². The van der Waals surface area contributed by atoms with Gasteiger partial charge in [0.15, 0.2) is 0 Å². The molecule has 1 aliphatic rings. The molecule has 24 heavy (non-hydrogen) atoms. The van der Waals surface area contributed by atoms with Gasteiger partial charge in [-0.3, -0.25) is 0 Å². The maximum absolute atomic E-state index is 14.6. The van der Waals surface area contributed by atoms with Crippen LogP contribution in [-0.2, 0) is 6.42 Å². The number of hydrogen-bond donors (Lipinski definition) is 0. The lowest BCUT2D eigenvalue weighted by Gasteiger charge is -2.25. The van der Waals surface area contributed by atoms with Crippen LogP contribution in [0.5, 0.6) is 0 Å². The molecule has 1 saturated carbocycles. The number of aryl methyl sites for hydroxylation is 1. The van der Waals surface area contributed by atoms with E-state index in [4.69, 9.17) is 0 Å². The molecule has 0 radical (unpaired) electrons. The molecule has 0 atom stereocenters. The number of rotatable bonds is 4. The lowest BCUT2D eigenvalue weighted by atomic mass is 9.80. The SMILES string of the molecule is CCc1ccc(-c2ccc(-c3ccc(C4CCC4)cc3)cc2F)s1. The van der Waals surface area contributed by atoms with Crippen LogP contribution in [0.25, 0.3) is 21.6 Å². The van der Waals surface area contributed by atoms with Crippen LogP contribution >= 0.6 is 11.3 Å². The van der Waals surface area contributed by atoms with Crippen molar-refractivity contribution in [1.82, 2.24) is 0 Å². The average molecular weight is 336 g/mol. The zero-order valence-electron chi connectivity index (χ0n) is 13.9. The Hall–Kier alpha value is -1.93. The van der Waals surface area contributed by atoms with Crippen LogP contribution in [0.4, 0.5) is 4.39 Å². The van der Waals surface area contributed by atoms with E-state index < -0.39 is 0 Å². The standard InChI is InChI=1S/C22H21FS/c1-2-19-11-13-22(24-19)20-12-10-18(14-21(20)23)17-8-6-16(7-9-17)15-4-3-5-15/h6-15H,2-5H2,1H3. The van der Waals surface area contributed by atoms with E-state index in [0.29, 0.717) is 5.56 Å². The minimum atomic E-state index is -0.139. The smallest absolute Gasteiger partial charge is 0.132 e. The van der Waals surface area contributed by atoms with Gasteiger partial charge in [0, 0.05) is 15.3 Å². The summed E-state index contributed by atoms with van der Waals surface area (Å²) in [5, 5.41) is 0. The van der Waals surface area contributed by atoms with E-state index in [9.17, 15) is 4.39 Å². The van der Waals surface area contributed by atoms with Crippen molar-refractivity contribution in [3.63, 3.8) is 0 Å². The summed E-state index contributed by atoms with van der Waals surface area (Å²) in [5.74, 6) is 0.602. The van der Waals surface area contributed by atoms with E-state index in [2.05, 4.69) is 37.3 Å². The van der Waals surface area contributed by atoms with Crippen LogP contribution in [-0.4, -0.2) is 0 Å². The number of halogens is 1. The first-order valence-electron chi connectivity index (χ1n) is 8.73. The van der Waals surface area contributed by atoms with Crippen molar-refractivity contribution in [1.29, 1.82) is 0 Å². The van der Waals surface area contributed by atoms with Crippen LogP contribution in [0, 0.1) is 5.82 Å². The molecule has 122 valence electrons. The van der Waals surface area contributed by atoms with Crippen molar-refractivity contribution >= 4 is 11.3 Å². The maximum atomic E-state index is 14.6. The Bertz CT molecular complexity index is 841. The Kier molecular flexibility index (Phi) is 4.24. The van der Waals surface area contributed by atoms with Crippen LogP contribution in [0.2, 0.25) is 0 Å². The zero-order valence-corrected chi connectivity index (χ0v) is 14.7. The molecule has 1 aromatic heterocycles. The van der Waals surface area contributed by atoms with Crippen LogP contribution < -0.4 is 0 Å². The second kappa shape index (κ2) is 6.52. The monoisotopic (exact) mass is 336 g/mol. The van der Waals surface area contributed by atoms with Gasteiger partial charge in [0.1, 0.15) is 5.82 Å². The third-order valence-electron chi connectivity index (χ3n) is 5.07. The minimum absolute atomic E-state index is 0.139. The van der Waals surface area contributed by atoms with Gasteiger partial charge >= 0.3 is 0 Å². The molecular formula is C22H21FS. The highest BCUT2D eigenvalue weighted by Gasteiger charge is 2.19. The minimum Gasteiger partial charge on any atom is -0.206 e. The highest BCUT2D eigenvalue weighted by Crippen LogP contribution is 2.37. The molecule has 0 saturated heterocycles. The fraction of sp³-hybridized carbons (Fsp3) is 0.273. The molecule has 3 aromatic rings. The summed E-state index contributed by atoms with van der Waals surface area (Å²) < 4.78 is 14.6. The Morgan fingerprint density at radius 1 is 0.958 bits per heavy atom. The van der Waals surface area contributed by atoms with Crippen molar-refractivity contribution < 1.29 is 4.39 Å². The molecule has 1 aliphatic carbocycles. The third kappa shape index (κ3) is 2.91. The topological polar surface area (TPSA) is 0 Å². The highest BCUT2D eigenvalue weighted by atomic mass is 32.1. The first-order chi connectivity index (χ1) is 11.7. The van der Waals surface area contributed by atoms with Crippen molar-refractivity contribution in [2.75, 3.05) is 0 Å². The third-order valence-corrected chi connectivity index (χ3v) is 6.33. The molecule has 0 nitrogen and oxygen atoms in total. The molecule has 0 spiro atoms. The number of hydrogen-bond acceptors (Lipinski definition) is 1. The van der Waals surface area contributed by atoms with Gasteiger partial charge in [0.2, 0.25) is 0 Å². The molecule has 0 unspecified atom stereocenters. The largest absolute Gasteiger partial charge is 0.206 e. The first-order valence-corrected chi connectivity index (χ1v) is 9.55. The molecule has 1 fully saturated rings. The van der Waals surface area contributed by atoms with E-state index in [1.807, 2.05) is 18.2 Å². The fourth-order valence-corrected chi connectivity index (χ4v) is 4.27. The van der Waals surface area contributed by atoms with E-state index in [1.165, 1.54) is 29.7 Å². The summed E-state index contributed by atoms with van der Waals surface area (Å²) in [6.45, 7) is 2.13. The van der Waals surface area contributed by atoms with Crippen molar-refractivity contribution in [2.24, 2.45) is 0 Å². The molecule has 0 aliphatic heterocycles. The molecule has 1 heterocycles. The Morgan fingerprint density at radius 2 is 1.71 bits per heavy atom. The van der Waals surface area contributed by atoms with Crippen LogP contribution in [0.3, 0.4) is 0 Å². The first kappa shape index (κ1) is 15.6. The molecular weight excluding hydrogens is 315 g/mol. The second-order valence-electron chi connectivity index (χ2n) is 6.56. The van der Waals surface area contributed by atoms with E-state index in [1.54, 1.807) is 17.4 Å². The van der Waals surface area contributed by atoms with Crippen molar-refractivity contribution in [3.8, 4) is 21.6 Å². The van der Waals surface area contributed by atoms with Gasteiger partial charge in [-0.1, -0.05) is 43.7 Å². The van der Waals surface area contributed by atoms with Crippen LogP contribution in [0.15, 0.2) is 54.6 Å². The van der Waals surface area contributed by atoms with Gasteiger partial charge in [-0.05, 0) is 66.1 Å². The van der Waals surface area contributed by atoms with Crippen molar-refractivity contribution in [3.05, 3.63) is 70.9 Å². The Morgan fingerprint density at radius 3 is 2.29 bits per heavy atom. The second-order valence-corrected chi connectivity index (χ2v) is 7.73.